The molecular formula is C91H74N4. The molecule has 4 heteroatoms. The van der Waals surface area contributed by atoms with Crippen LogP contribution in [0.2, 0.25) is 0 Å². The van der Waals surface area contributed by atoms with Crippen molar-refractivity contribution in [1.82, 2.24) is 0 Å². The summed E-state index contributed by atoms with van der Waals surface area (Å²) in [6.07, 6.45) is 13.2. The van der Waals surface area contributed by atoms with Gasteiger partial charge < -0.3 is 19.6 Å². The lowest BCUT2D eigenvalue weighted by molar-refractivity contribution is 1.13. The fourth-order valence-electron chi connectivity index (χ4n) is 12.5. The van der Waals surface area contributed by atoms with Crippen LogP contribution in [-0.2, 0) is 0 Å². The van der Waals surface area contributed by atoms with E-state index in [0.29, 0.717) is 0 Å². The first-order valence-electron chi connectivity index (χ1n) is 32.5. The predicted molar refractivity (Wildman–Crippen MR) is 407 cm³/mol. The van der Waals surface area contributed by atoms with Gasteiger partial charge in [0.25, 0.3) is 0 Å². The smallest absolute Gasteiger partial charge is 0.0462 e. The Bertz CT molecular complexity index is 4730. The molecule has 0 aliphatic heterocycles. The molecule has 0 aromatic heterocycles. The number of para-hydroxylation sites is 2. The fraction of sp³-hybridized carbons (Fsp3) is 0.0330. The highest BCUT2D eigenvalue weighted by molar-refractivity contribution is 5.84. The Morgan fingerprint density at radius 2 is 0.474 bits per heavy atom. The van der Waals surface area contributed by atoms with E-state index in [2.05, 4.69) is 405 Å². The Labute approximate surface area is 560 Å². The summed E-state index contributed by atoms with van der Waals surface area (Å²) in [6.45, 7) is 12.5. The van der Waals surface area contributed by atoms with Crippen molar-refractivity contribution in [1.29, 1.82) is 0 Å². The van der Waals surface area contributed by atoms with Crippen LogP contribution in [0.5, 0.6) is 0 Å². The van der Waals surface area contributed by atoms with Gasteiger partial charge in [-0.05, 0) is 220 Å². The van der Waals surface area contributed by atoms with Crippen molar-refractivity contribution in [2.75, 3.05) is 19.6 Å². The molecule has 0 aliphatic carbocycles. The van der Waals surface area contributed by atoms with Gasteiger partial charge in [0.15, 0.2) is 0 Å². The minimum Gasteiger partial charge on any atom is -0.311 e. The second kappa shape index (κ2) is 29.4. The molecule has 0 bridgehead atoms. The van der Waals surface area contributed by atoms with Crippen LogP contribution in [0, 0.1) is 0 Å². The molecule has 0 atom stereocenters. The van der Waals surface area contributed by atoms with Gasteiger partial charge in [0.1, 0.15) is 0 Å². The van der Waals surface area contributed by atoms with Gasteiger partial charge in [0, 0.05) is 68.3 Å². The van der Waals surface area contributed by atoms with Gasteiger partial charge in [-0.1, -0.05) is 257 Å². The monoisotopic (exact) mass is 1220 g/mol. The van der Waals surface area contributed by atoms with E-state index in [-0.39, 0.29) is 0 Å². The van der Waals surface area contributed by atoms with Crippen molar-refractivity contribution >= 4 is 56.9 Å². The summed E-state index contributed by atoms with van der Waals surface area (Å²) in [6, 6.07) is 122. The van der Waals surface area contributed by atoms with Crippen LogP contribution in [0.1, 0.15) is 20.3 Å². The molecule has 13 rings (SSSR count). The van der Waals surface area contributed by atoms with Gasteiger partial charge in [0.2, 0.25) is 0 Å². The van der Waals surface area contributed by atoms with E-state index >= 15 is 0 Å². The number of hydrogen-bond donors (Lipinski definition) is 0. The molecule has 0 fully saturated rings. The normalized spacial score (nSPS) is 11.5. The van der Waals surface area contributed by atoms with Crippen molar-refractivity contribution in [3.8, 4) is 66.8 Å². The Hall–Kier alpha value is -12.2. The third-order valence-corrected chi connectivity index (χ3v) is 17.2. The molecule has 0 unspecified atom stereocenters. The zero-order valence-electron chi connectivity index (χ0n) is 53.7. The number of rotatable bonds is 22. The van der Waals surface area contributed by atoms with Crippen molar-refractivity contribution < 1.29 is 0 Å². The quantitative estimate of drug-likeness (QED) is 0.0627. The second-order valence-corrected chi connectivity index (χ2v) is 23.3. The maximum atomic E-state index is 4.22. The fourth-order valence-corrected chi connectivity index (χ4v) is 12.5. The summed E-state index contributed by atoms with van der Waals surface area (Å²) in [7, 11) is 0. The van der Waals surface area contributed by atoms with Gasteiger partial charge in [-0.15, -0.1) is 0 Å². The Balaban J connectivity index is 0.695. The number of nitrogens with zero attached hydrogens (tertiary/aromatic N) is 4. The molecule has 95 heavy (non-hydrogen) atoms. The molecule has 458 valence electrons. The minimum atomic E-state index is 0.902. The number of allylic oxidation sites excluding steroid dienone is 6. The number of hydrogen-bond acceptors (Lipinski definition) is 4. The Morgan fingerprint density at radius 1 is 0.263 bits per heavy atom. The molecule has 0 N–H and O–H groups in total. The lowest BCUT2D eigenvalue weighted by atomic mass is 9.99. The molecule has 0 saturated heterocycles. The summed E-state index contributed by atoms with van der Waals surface area (Å²) in [5.74, 6) is 0. The van der Waals surface area contributed by atoms with E-state index in [0.717, 1.165) is 119 Å². The van der Waals surface area contributed by atoms with Gasteiger partial charge in [-0.25, -0.2) is 0 Å². The highest BCUT2D eigenvalue weighted by atomic mass is 15.2. The molecule has 0 spiro atoms. The third-order valence-electron chi connectivity index (χ3n) is 17.2. The molecule has 13 aromatic rings. The van der Waals surface area contributed by atoms with Crippen LogP contribution in [0.15, 0.2) is 401 Å². The number of anilines is 10. The molecule has 0 aliphatic rings. The molecule has 0 saturated carbocycles. The summed E-state index contributed by atoms with van der Waals surface area (Å²) >= 11 is 0. The van der Waals surface area contributed by atoms with Gasteiger partial charge in [0.05, 0.1) is 0 Å². The summed E-state index contributed by atoms with van der Waals surface area (Å²) in [5.41, 5.74) is 26.8. The first-order valence-corrected chi connectivity index (χ1v) is 32.5. The predicted octanol–water partition coefficient (Wildman–Crippen LogP) is 26.0. The summed E-state index contributed by atoms with van der Waals surface area (Å²) in [5, 5.41) is 0. The highest BCUT2D eigenvalue weighted by Gasteiger charge is 2.19. The minimum absolute atomic E-state index is 0.902. The van der Waals surface area contributed by atoms with Crippen LogP contribution in [0.4, 0.5) is 56.9 Å². The summed E-state index contributed by atoms with van der Waals surface area (Å²) < 4.78 is 0. The van der Waals surface area contributed by atoms with Crippen molar-refractivity contribution in [2.45, 2.75) is 20.3 Å². The molecule has 0 heterocycles. The van der Waals surface area contributed by atoms with Crippen molar-refractivity contribution in [3.05, 3.63) is 401 Å². The second-order valence-electron chi connectivity index (χ2n) is 23.3. The largest absolute Gasteiger partial charge is 0.311 e. The Kier molecular flexibility index (Phi) is 19.0. The number of benzene rings is 13. The molecular weight excluding hydrogens is 1150 g/mol. The molecule has 13 aromatic carbocycles. The maximum absolute atomic E-state index is 4.22. The zero-order chi connectivity index (χ0) is 64.7. The highest BCUT2D eigenvalue weighted by Crippen LogP contribution is 2.42. The third kappa shape index (κ3) is 14.0. The average molecular weight is 1220 g/mol. The molecule has 4 nitrogen and oxygen atoms in total. The van der Waals surface area contributed by atoms with Crippen LogP contribution in [-0.4, -0.2) is 0 Å². The van der Waals surface area contributed by atoms with Gasteiger partial charge >= 0.3 is 0 Å². The van der Waals surface area contributed by atoms with Gasteiger partial charge in [-0.3, -0.25) is 0 Å². The van der Waals surface area contributed by atoms with Crippen LogP contribution < -0.4 is 19.6 Å². The van der Waals surface area contributed by atoms with Crippen LogP contribution >= 0.6 is 0 Å². The van der Waals surface area contributed by atoms with E-state index in [1.807, 2.05) is 18.2 Å². The van der Waals surface area contributed by atoms with Crippen LogP contribution in [0.25, 0.3) is 66.8 Å². The zero-order valence-corrected chi connectivity index (χ0v) is 53.7. The van der Waals surface area contributed by atoms with Crippen LogP contribution in [0.3, 0.4) is 0 Å². The van der Waals surface area contributed by atoms with E-state index in [9.17, 15) is 0 Å². The van der Waals surface area contributed by atoms with E-state index in [1.165, 1.54) is 22.3 Å². The van der Waals surface area contributed by atoms with Gasteiger partial charge in [-0.2, -0.15) is 0 Å². The maximum Gasteiger partial charge on any atom is 0.0462 e. The lowest BCUT2D eigenvalue weighted by Gasteiger charge is -2.27. The van der Waals surface area contributed by atoms with E-state index < -0.39 is 0 Å². The first-order chi connectivity index (χ1) is 46.9. The van der Waals surface area contributed by atoms with E-state index in [1.54, 1.807) is 0 Å². The lowest BCUT2D eigenvalue weighted by Crippen LogP contribution is -2.15. The van der Waals surface area contributed by atoms with Crippen molar-refractivity contribution in [2.24, 2.45) is 0 Å². The molecule has 0 amide bonds. The standard InChI is InChI=1S/C91H74N4/c1-5-21-80(8-4)92(85-54-42-76(43-55-85)78-48-64-90(65-49-78)94(82-28-17-11-18-29-82)88-56-36-72(37-57-88)68-24-13-9-14-25-68)84-52-40-74(41-53-84)70-32-34-71(35-33-70)75-44-60-86(61-45-75)93(81(22-6-2)23-7-3)87-62-46-77(47-63-87)79-50-66-91(67-51-79)95(83-30-19-12-20-31-83)89-58-38-73(39-59-89)69-26-15-10-16-27-69/h5-6,8-67H,1,4,7H2,2-3H3/b22-6-,80-21+,81-23+. The first kappa shape index (κ1) is 61.6. The van der Waals surface area contributed by atoms with E-state index in [4.69, 9.17) is 0 Å². The summed E-state index contributed by atoms with van der Waals surface area (Å²) in [4.78, 5) is 9.19. The average Bonchev–Trinajstić information content (AvgIpc) is 0.939. The van der Waals surface area contributed by atoms with Crippen molar-refractivity contribution in [3.63, 3.8) is 0 Å². The molecule has 0 radical (unpaired) electrons. The SMILES string of the molecule is C=C/C=C(\C=C)N(c1ccc(-c2ccc(-c3ccc(N(C(/C=C\C)=C/CC)c4ccc(-c5ccc(N(c6ccccc6)c6ccc(-c7ccccc7)cc6)cc5)cc4)cc3)cc2)cc1)c1ccc(-c2ccc(N(c3ccccc3)c3ccc(-c4ccccc4)cc3)cc2)cc1. The topological polar surface area (TPSA) is 13.0 Å². The Morgan fingerprint density at radius 3 is 0.705 bits per heavy atom.